The molecule has 0 saturated heterocycles. The molecule has 3 heteroatoms. The number of nitrogens with two attached hydrogens (primary N) is 1. The minimum absolute atomic E-state index is 0.216. The molecule has 0 aliphatic rings. The summed E-state index contributed by atoms with van der Waals surface area (Å²) in [6.45, 7) is 7.50. The van der Waals surface area contributed by atoms with Gasteiger partial charge < -0.3 is 10.6 Å². The fourth-order valence-corrected chi connectivity index (χ4v) is 3.04. The average Bonchev–Trinajstić information content (AvgIpc) is 2.89. The summed E-state index contributed by atoms with van der Waals surface area (Å²) in [5.74, 6) is 0. The predicted octanol–water partition coefficient (Wildman–Crippen LogP) is 4.05. The van der Waals surface area contributed by atoms with Gasteiger partial charge in [0, 0.05) is 22.6 Å². The first-order valence-corrected chi connectivity index (χ1v) is 8.07. The topological polar surface area (TPSA) is 29.3 Å². The molecule has 2 N–H and O–H groups in total. The Morgan fingerprint density at radius 3 is 2.30 bits per heavy atom. The van der Waals surface area contributed by atoms with Crippen molar-refractivity contribution >= 4 is 17.0 Å². The molecular formula is C17H24N2S. The molecule has 0 aliphatic heterocycles. The van der Waals surface area contributed by atoms with E-state index >= 15 is 0 Å². The van der Waals surface area contributed by atoms with E-state index in [1.807, 2.05) is 18.3 Å². The molecule has 2 nitrogen and oxygen atoms in total. The number of hydrogen-bond donors (Lipinski definition) is 1. The summed E-state index contributed by atoms with van der Waals surface area (Å²) in [6.07, 6.45) is 0.937. The van der Waals surface area contributed by atoms with Gasteiger partial charge in [0.05, 0.1) is 6.54 Å². The highest BCUT2D eigenvalue weighted by Gasteiger charge is 2.12. The highest BCUT2D eigenvalue weighted by molar-refractivity contribution is 7.09. The van der Waals surface area contributed by atoms with E-state index in [-0.39, 0.29) is 6.04 Å². The molecule has 2 rings (SSSR count). The van der Waals surface area contributed by atoms with Crippen molar-refractivity contribution in [2.24, 2.45) is 5.73 Å². The van der Waals surface area contributed by atoms with E-state index in [1.54, 1.807) is 0 Å². The van der Waals surface area contributed by atoms with Crippen molar-refractivity contribution in [1.82, 2.24) is 0 Å². The van der Waals surface area contributed by atoms with Crippen LogP contribution in [0.3, 0.4) is 0 Å². The van der Waals surface area contributed by atoms with Gasteiger partial charge in [0.15, 0.2) is 0 Å². The molecule has 108 valence electrons. The Hall–Kier alpha value is -1.32. The number of benzene rings is 1. The Morgan fingerprint density at radius 1 is 1.10 bits per heavy atom. The van der Waals surface area contributed by atoms with Crippen LogP contribution in [0.1, 0.15) is 31.2 Å². The van der Waals surface area contributed by atoms with Gasteiger partial charge in [0.1, 0.15) is 0 Å². The molecule has 1 heterocycles. The lowest BCUT2D eigenvalue weighted by Crippen LogP contribution is -2.29. The summed E-state index contributed by atoms with van der Waals surface area (Å²) in [5.41, 5.74) is 8.44. The second kappa shape index (κ2) is 6.91. The van der Waals surface area contributed by atoms with Gasteiger partial charge in [0.25, 0.3) is 0 Å². The van der Waals surface area contributed by atoms with Gasteiger partial charge in [-0.15, -0.1) is 11.3 Å². The number of nitrogens with zero attached hydrogens (tertiary/aromatic N) is 1. The Labute approximate surface area is 126 Å². The first kappa shape index (κ1) is 15.1. The molecule has 0 aliphatic carbocycles. The van der Waals surface area contributed by atoms with Crippen LogP contribution in [0, 0.1) is 0 Å². The normalized spacial score (nSPS) is 12.7. The van der Waals surface area contributed by atoms with Gasteiger partial charge in [-0.25, -0.2) is 0 Å². The molecule has 0 saturated carbocycles. The van der Waals surface area contributed by atoms with E-state index in [2.05, 4.69) is 60.5 Å². The maximum absolute atomic E-state index is 5.85. The molecular weight excluding hydrogens is 264 g/mol. The highest BCUT2D eigenvalue weighted by Crippen LogP contribution is 2.22. The zero-order valence-electron chi connectivity index (χ0n) is 12.5. The molecule has 1 unspecified atom stereocenters. The first-order chi connectivity index (χ1) is 9.56. The molecule has 1 atom stereocenters. The summed E-state index contributed by atoms with van der Waals surface area (Å²) in [5, 5.41) is 2.14. The first-order valence-electron chi connectivity index (χ1n) is 7.20. The van der Waals surface area contributed by atoms with E-state index in [0.717, 1.165) is 13.0 Å². The zero-order valence-corrected chi connectivity index (χ0v) is 13.4. The Morgan fingerprint density at radius 2 is 1.80 bits per heavy atom. The van der Waals surface area contributed by atoms with Crippen molar-refractivity contribution in [2.75, 3.05) is 4.90 Å². The van der Waals surface area contributed by atoms with Crippen LogP contribution in [0.2, 0.25) is 0 Å². The van der Waals surface area contributed by atoms with Gasteiger partial charge in [-0.05, 0) is 56.3 Å². The molecule has 0 fully saturated rings. The largest absolute Gasteiger partial charge is 0.364 e. The number of thiophene rings is 1. The van der Waals surface area contributed by atoms with Crippen molar-refractivity contribution in [2.45, 2.75) is 45.8 Å². The minimum Gasteiger partial charge on any atom is -0.364 e. The fourth-order valence-electron chi connectivity index (χ4n) is 2.34. The van der Waals surface area contributed by atoms with Crippen molar-refractivity contribution < 1.29 is 0 Å². The summed E-state index contributed by atoms with van der Waals surface area (Å²) in [4.78, 5) is 3.83. The lowest BCUT2D eigenvalue weighted by Gasteiger charge is -2.28. The number of hydrogen-bond acceptors (Lipinski definition) is 3. The monoisotopic (exact) mass is 288 g/mol. The zero-order chi connectivity index (χ0) is 14.5. The number of anilines is 1. The molecule has 0 bridgehead atoms. The van der Waals surface area contributed by atoms with E-state index in [0.29, 0.717) is 6.04 Å². The second-order valence-electron chi connectivity index (χ2n) is 5.65. The van der Waals surface area contributed by atoms with Crippen molar-refractivity contribution in [1.29, 1.82) is 0 Å². The van der Waals surface area contributed by atoms with Crippen LogP contribution in [-0.2, 0) is 13.0 Å². The fraction of sp³-hybridized carbons (Fsp3) is 0.412. The van der Waals surface area contributed by atoms with Crippen molar-refractivity contribution in [3.05, 3.63) is 52.2 Å². The lowest BCUT2D eigenvalue weighted by molar-refractivity contribution is 0.686. The molecule has 20 heavy (non-hydrogen) atoms. The molecule has 2 aromatic rings. The number of rotatable bonds is 6. The Bertz CT molecular complexity index is 500. The third kappa shape index (κ3) is 4.09. The smallest absolute Gasteiger partial charge is 0.0525 e. The Balaban J connectivity index is 2.13. The van der Waals surface area contributed by atoms with Gasteiger partial charge in [-0.1, -0.05) is 18.2 Å². The van der Waals surface area contributed by atoms with Gasteiger partial charge >= 0.3 is 0 Å². The van der Waals surface area contributed by atoms with Crippen LogP contribution in [0.5, 0.6) is 0 Å². The molecule has 1 aromatic carbocycles. The third-order valence-corrected chi connectivity index (χ3v) is 4.22. The highest BCUT2D eigenvalue weighted by atomic mass is 32.1. The van der Waals surface area contributed by atoms with Gasteiger partial charge in [-0.2, -0.15) is 0 Å². The maximum atomic E-state index is 5.85. The van der Waals surface area contributed by atoms with Crippen LogP contribution < -0.4 is 10.6 Å². The third-order valence-electron chi connectivity index (χ3n) is 3.36. The molecule has 0 amide bonds. The molecule has 0 radical (unpaired) electrons. The van der Waals surface area contributed by atoms with Gasteiger partial charge in [-0.3, -0.25) is 0 Å². The van der Waals surface area contributed by atoms with Crippen LogP contribution in [-0.4, -0.2) is 12.1 Å². The summed E-state index contributed by atoms with van der Waals surface area (Å²) in [6, 6.07) is 13.8. The van der Waals surface area contributed by atoms with Crippen molar-refractivity contribution in [3.63, 3.8) is 0 Å². The summed E-state index contributed by atoms with van der Waals surface area (Å²) in [7, 11) is 0. The van der Waals surface area contributed by atoms with Crippen molar-refractivity contribution in [3.8, 4) is 0 Å². The van der Waals surface area contributed by atoms with Crippen LogP contribution in [0.15, 0.2) is 41.8 Å². The molecule has 0 spiro atoms. The van der Waals surface area contributed by atoms with Crippen LogP contribution >= 0.6 is 11.3 Å². The second-order valence-corrected chi connectivity index (χ2v) is 6.68. The van der Waals surface area contributed by atoms with E-state index in [9.17, 15) is 0 Å². The van der Waals surface area contributed by atoms with Crippen LogP contribution in [0.4, 0.5) is 5.69 Å². The van der Waals surface area contributed by atoms with Gasteiger partial charge in [0.2, 0.25) is 0 Å². The Kier molecular flexibility index (Phi) is 5.21. The summed E-state index contributed by atoms with van der Waals surface area (Å²) >= 11 is 1.82. The SMILES string of the molecule is CC(N)Cc1ccc(N(Cc2cccs2)C(C)C)cc1. The standard InChI is InChI=1S/C17H24N2S/c1-13(2)19(12-17-5-4-10-20-17)16-8-6-15(7-9-16)11-14(3)18/h4-10,13-14H,11-12,18H2,1-3H3. The minimum atomic E-state index is 0.216. The van der Waals surface area contributed by atoms with E-state index in [1.165, 1.54) is 16.1 Å². The molecule has 1 aromatic heterocycles. The lowest BCUT2D eigenvalue weighted by atomic mass is 10.1. The average molecular weight is 288 g/mol. The predicted molar refractivity (Wildman–Crippen MR) is 89.4 cm³/mol. The summed E-state index contributed by atoms with van der Waals surface area (Å²) < 4.78 is 0. The van der Waals surface area contributed by atoms with E-state index in [4.69, 9.17) is 5.73 Å². The van der Waals surface area contributed by atoms with E-state index < -0.39 is 0 Å². The van der Waals surface area contributed by atoms with Crippen LogP contribution in [0.25, 0.3) is 0 Å². The maximum Gasteiger partial charge on any atom is 0.0525 e. The quantitative estimate of drug-likeness (QED) is 0.869.